The number of hydrogen-bond acceptors (Lipinski definition) is 3. The fourth-order valence-electron chi connectivity index (χ4n) is 3.93. The van der Waals surface area contributed by atoms with Crippen molar-refractivity contribution in [2.45, 2.75) is 38.8 Å². The van der Waals surface area contributed by atoms with Crippen molar-refractivity contribution in [3.05, 3.63) is 59.9 Å². The Morgan fingerprint density at radius 1 is 1.21 bits per heavy atom. The Morgan fingerprint density at radius 3 is 2.59 bits per heavy atom. The van der Waals surface area contributed by atoms with Gasteiger partial charge in [-0.15, -0.1) is 0 Å². The van der Waals surface area contributed by atoms with E-state index in [1.165, 1.54) is 6.07 Å². The summed E-state index contributed by atoms with van der Waals surface area (Å²) >= 11 is 0. The molecule has 156 valence electrons. The minimum Gasteiger partial charge on any atom is -0.337 e. The maximum absolute atomic E-state index is 14.2. The molecule has 0 saturated carbocycles. The summed E-state index contributed by atoms with van der Waals surface area (Å²) in [5, 5.41) is 0. The molecule has 29 heavy (non-hydrogen) atoms. The lowest BCUT2D eigenvalue weighted by molar-refractivity contribution is -0.135. The lowest BCUT2D eigenvalue weighted by Crippen LogP contribution is -2.48. The highest BCUT2D eigenvalue weighted by Gasteiger charge is 2.38. The van der Waals surface area contributed by atoms with Crippen LogP contribution in [0, 0.1) is 11.7 Å². The monoisotopic (exact) mass is 418 g/mol. The number of nitrogens with zero attached hydrogens (tertiary/aromatic N) is 1. The number of carbonyl (C=O) groups is 1. The minimum absolute atomic E-state index is 0.0121. The van der Waals surface area contributed by atoms with Crippen LogP contribution in [0.3, 0.4) is 0 Å². The SMILES string of the molecule is CC(C)C(=O)N1CCC(NS(C)(=O)=O)C1Cc1cccc(-c2ccccc2F)c1. The third kappa shape index (κ3) is 5.22. The molecule has 0 bridgehead atoms. The zero-order valence-electron chi connectivity index (χ0n) is 16.9. The van der Waals surface area contributed by atoms with Crippen LogP contribution in [0.15, 0.2) is 48.5 Å². The lowest BCUT2D eigenvalue weighted by atomic mass is 9.96. The zero-order chi connectivity index (χ0) is 21.2. The molecule has 1 N–H and O–H groups in total. The van der Waals surface area contributed by atoms with E-state index in [0.29, 0.717) is 24.9 Å². The van der Waals surface area contributed by atoms with Gasteiger partial charge in [-0.2, -0.15) is 0 Å². The standard InChI is InChI=1S/C22H27FN2O3S/c1-15(2)22(26)25-12-11-20(24-29(3,27)28)21(25)14-16-7-6-8-17(13-16)18-9-4-5-10-19(18)23/h4-10,13,15,20-21,24H,11-12,14H2,1-3H3. The predicted octanol–water partition coefficient (Wildman–Crippen LogP) is 3.21. The molecule has 2 unspecified atom stereocenters. The second kappa shape index (κ2) is 8.63. The fraction of sp³-hybridized carbons (Fsp3) is 0.409. The molecule has 2 aromatic rings. The van der Waals surface area contributed by atoms with Crippen LogP contribution in [0.2, 0.25) is 0 Å². The van der Waals surface area contributed by atoms with Gasteiger partial charge in [-0.05, 0) is 30.0 Å². The number of hydrogen-bond donors (Lipinski definition) is 1. The average molecular weight is 419 g/mol. The number of nitrogens with one attached hydrogen (secondary N) is 1. The van der Waals surface area contributed by atoms with Gasteiger partial charge in [0.15, 0.2) is 0 Å². The Balaban J connectivity index is 1.90. The van der Waals surface area contributed by atoms with Crippen molar-refractivity contribution < 1.29 is 17.6 Å². The number of sulfonamides is 1. The normalized spacial score (nSPS) is 19.7. The van der Waals surface area contributed by atoms with E-state index in [2.05, 4.69) is 4.72 Å². The molecule has 3 rings (SSSR count). The number of halogens is 1. The molecule has 1 saturated heterocycles. The average Bonchev–Trinajstić information content (AvgIpc) is 3.02. The smallest absolute Gasteiger partial charge is 0.225 e. The van der Waals surface area contributed by atoms with Crippen LogP contribution in [0.5, 0.6) is 0 Å². The van der Waals surface area contributed by atoms with Crippen molar-refractivity contribution >= 4 is 15.9 Å². The predicted molar refractivity (Wildman–Crippen MR) is 112 cm³/mol. The first kappa shape index (κ1) is 21.5. The highest BCUT2D eigenvalue weighted by Crippen LogP contribution is 2.27. The van der Waals surface area contributed by atoms with E-state index in [4.69, 9.17) is 0 Å². The van der Waals surface area contributed by atoms with E-state index in [1.807, 2.05) is 38.1 Å². The molecule has 2 atom stereocenters. The second-order valence-corrected chi connectivity index (χ2v) is 9.70. The number of likely N-dealkylation sites (tertiary alicyclic amines) is 1. The van der Waals surface area contributed by atoms with Gasteiger partial charge in [-0.3, -0.25) is 4.79 Å². The molecule has 0 spiro atoms. The first-order valence-corrected chi connectivity index (χ1v) is 11.7. The Labute approximate surface area is 172 Å². The molecule has 1 amide bonds. The molecule has 0 aromatic heterocycles. The summed E-state index contributed by atoms with van der Waals surface area (Å²) < 4.78 is 40.5. The Bertz CT molecular complexity index is 991. The zero-order valence-corrected chi connectivity index (χ0v) is 17.7. The van der Waals surface area contributed by atoms with Crippen LogP contribution in [-0.2, 0) is 21.2 Å². The summed E-state index contributed by atoms with van der Waals surface area (Å²) in [4.78, 5) is 14.5. The third-order valence-corrected chi connectivity index (χ3v) is 5.98. The van der Waals surface area contributed by atoms with Crippen molar-refractivity contribution in [3.63, 3.8) is 0 Å². The fourth-order valence-corrected chi connectivity index (χ4v) is 4.75. The molecule has 0 aliphatic carbocycles. The van der Waals surface area contributed by atoms with Gasteiger partial charge in [0, 0.05) is 24.1 Å². The van der Waals surface area contributed by atoms with Gasteiger partial charge in [0.25, 0.3) is 0 Å². The number of carbonyl (C=O) groups excluding carboxylic acids is 1. The maximum Gasteiger partial charge on any atom is 0.225 e. The highest BCUT2D eigenvalue weighted by molar-refractivity contribution is 7.88. The van der Waals surface area contributed by atoms with Gasteiger partial charge < -0.3 is 4.90 Å². The van der Waals surface area contributed by atoms with Gasteiger partial charge in [0.1, 0.15) is 5.82 Å². The van der Waals surface area contributed by atoms with Crippen LogP contribution in [-0.4, -0.2) is 44.1 Å². The summed E-state index contributed by atoms with van der Waals surface area (Å²) in [5.74, 6) is -0.448. The van der Waals surface area contributed by atoms with Gasteiger partial charge in [-0.25, -0.2) is 17.5 Å². The first-order chi connectivity index (χ1) is 13.7. The Hall–Kier alpha value is -2.25. The van der Waals surface area contributed by atoms with E-state index in [0.717, 1.165) is 17.4 Å². The van der Waals surface area contributed by atoms with Gasteiger partial charge in [-0.1, -0.05) is 56.3 Å². The Morgan fingerprint density at radius 2 is 1.93 bits per heavy atom. The van der Waals surface area contributed by atoms with Crippen molar-refractivity contribution in [2.24, 2.45) is 5.92 Å². The molecule has 1 heterocycles. The van der Waals surface area contributed by atoms with Crippen molar-refractivity contribution in [2.75, 3.05) is 12.8 Å². The maximum atomic E-state index is 14.2. The molecule has 1 fully saturated rings. The van der Waals surface area contributed by atoms with E-state index < -0.39 is 10.0 Å². The van der Waals surface area contributed by atoms with Crippen LogP contribution in [0.4, 0.5) is 4.39 Å². The molecule has 0 radical (unpaired) electrons. The summed E-state index contributed by atoms with van der Waals surface area (Å²) in [6, 6.07) is 13.5. The van der Waals surface area contributed by atoms with E-state index >= 15 is 0 Å². The van der Waals surface area contributed by atoms with Crippen LogP contribution < -0.4 is 4.72 Å². The summed E-state index contributed by atoms with van der Waals surface area (Å²) in [5.41, 5.74) is 2.20. The number of rotatable bonds is 6. The van der Waals surface area contributed by atoms with E-state index in [9.17, 15) is 17.6 Å². The molecular weight excluding hydrogens is 391 g/mol. The topological polar surface area (TPSA) is 66.5 Å². The van der Waals surface area contributed by atoms with E-state index in [1.54, 1.807) is 23.1 Å². The molecule has 7 heteroatoms. The van der Waals surface area contributed by atoms with Gasteiger partial charge in [0.2, 0.25) is 15.9 Å². The molecular formula is C22H27FN2O3S. The van der Waals surface area contributed by atoms with Gasteiger partial charge in [0.05, 0.1) is 12.3 Å². The van der Waals surface area contributed by atoms with Crippen molar-refractivity contribution in [3.8, 4) is 11.1 Å². The minimum atomic E-state index is -3.40. The van der Waals surface area contributed by atoms with Crippen LogP contribution >= 0.6 is 0 Å². The number of amides is 1. The first-order valence-electron chi connectivity index (χ1n) is 9.77. The highest BCUT2D eigenvalue weighted by atomic mass is 32.2. The largest absolute Gasteiger partial charge is 0.337 e. The summed E-state index contributed by atoms with van der Waals surface area (Å²) in [6.45, 7) is 4.20. The lowest BCUT2D eigenvalue weighted by Gasteiger charge is -2.30. The van der Waals surface area contributed by atoms with Crippen molar-refractivity contribution in [1.82, 2.24) is 9.62 Å². The molecule has 1 aliphatic rings. The summed E-state index contributed by atoms with van der Waals surface area (Å²) in [6.07, 6.45) is 2.20. The Kier molecular flexibility index (Phi) is 6.39. The van der Waals surface area contributed by atoms with Crippen molar-refractivity contribution in [1.29, 1.82) is 0 Å². The van der Waals surface area contributed by atoms with Crippen LogP contribution in [0.25, 0.3) is 11.1 Å². The summed E-state index contributed by atoms with van der Waals surface area (Å²) in [7, 11) is -3.40. The van der Waals surface area contributed by atoms with Crippen LogP contribution in [0.1, 0.15) is 25.8 Å². The quantitative estimate of drug-likeness (QED) is 0.783. The molecule has 1 aliphatic heterocycles. The van der Waals surface area contributed by atoms with Gasteiger partial charge >= 0.3 is 0 Å². The van der Waals surface area contributed by atoms with E-state index in [-0.39, 0.29) is 29.7 Å². The molecule has 5 nitrogen and oxygen atoms in total. The second-order valence-electron chi connectivity index (χ2n) is 7.92. The molecule has 2 aromatic carbocycles. The third-order valence-electron chi connectivity index (χ3n) is 5.24. The number of benzene rings is 2.